The number of aryl methyl sites for hydroxylation is 1. The van der Waals surface area contributed by atoms with E-state index in [0.717, 1.165) is 12.3 Å². The van der Waals surface area contributed by atoms with Gasteiger partial charge in [0.25, 0.3) is 0 Å². The monoisotopic (exact) mass is 553 g/mol. The van der Waals surface area contributed by atoms with Crippen LogP contribution in [0.3, 0.4) is 0 Å². The number of alkyl halides is 3. The Kier molecular flexibility index (Phi) is 7.58. The zero-order chi connectivity index (χ0) is 27.7. The number of fused-ring (bicyclic) bond motifs is 2. The molecule has 0 aliphatic rings. The highest BCUT2D eigenvalue weighted by molar-refractivity contribution is 7.91. The van der Waals surface area contributed by atoms with Crippen LogP contribution < -0.4 is 5.32 Å². The van der Waals surface area contributed by atoms with E-state index in [1.807, 2.05) is 0 Å². The van der Waals surface area contributed by atoms with E-state index in [-0.39, 0.29) is 51.2 Å². The van der Waals surface area contributed by atoms with Crippen molar-refractivity contribution in [1.29, 1.82) is 0 Å². The molecule has 0 fully saturated rings. The molecule has 4 rings (SSSR count). The second kappa shape index (κ2) is 10.6. The number of nitrogens with one attached hydrogen (secondary N) is 1. The summed E-state index contributed by atoms with van der Waals surface area (Å²) < 4.78 is 73.4. The maximum Gasteiger partial charge on any atom is 0.433 e. The molecule has 0 aliphatic heterocycles. The van der Waals surface area contributed by atoms with Crippen LogP contribution in [-0.2, 0) is 32.6 Å². The summed E-state index contributed by atoms with van der Waals surface area (Å²) in [6.45, 7) is 3.99. The average molecular weight is 554 g/mol. The molecule has 0 bridgehead atoms. The van der Waals surface area contributed by atoms with Gasteiger partial charge in [-0.15, -0.1) is 0 Å². The second-order valence-corrected chi connectivity index (χ2v) is 10.6. The number of carbonyl (C=O) groups is 1. The van der Waals surface area contributed by atoms with Gasteiger partial charge in [0.15, 0.2) is 20.5 Å². The Morgan fingerprint density at radius 2 is 1.95 bits per heavy atom. The van der Waals surface area contributed by atoms with Crippen LogP contribution in [0.5, 0.6) is 0 Å². The summed E-state index contributed by atoms with van der Waals surface area (Å²) >= 11 is 0. The molecule has 15 heteroatoms. The highest BCUT2D eigenvalue weighted by Crippen LogP contribution is 2.35. The fourth-order valence-corrected chi connectivity index (χ4v) is 4.89. The van der Waals surface area contributed by atoms with E-state index >= 15 is 0 Å². The molecule has 0 unspecified atom stereocenters. The van der Waals surface area contributed by atoms with Gasteiger partial charge in [-0.2, -0.15) is 22.8 Å². The number of esters is 1. The number of aromatic nitrogens is 6. The van der Waals surface area contributed by atoms with Gasteiger partial charge in [-0.25, -0.2) is 23.4 Å². The van der Waals surface area contributed by atoms with Crippen LogP contribution in [0.2, 0.25) is 0 Å². The number of rotatable bonds is 10. The molecular weight excluding hydrogens is 527 g/mol. The first-order valence-corrected chi connectivity index (χ1v) is 13.5. The number of hydrogen-bond acceptors (Lipinski definition) is 9. The molecular formula is C23H26F3N7O4S. The third kappa shape index (κ3) is 5.28. The minimum absolute atomic E-state index is 0.0000919. The number of imidazole rings is 1. The molecule has 0 amide bonds. The Hall–Kier alpha value is -3.75. The molecule has 0 aromatic carbocycles. The number of pyridine rings is 1. The number of carbonyl (C=O) groups excluding carboxylic acids is 1. The number of anilines is 1. The minimum atomic E-state index is -4.66. The van der Waals surface area contributed by atoms with Gasteiger partial charge in [0.2, 0.25) is 0 Å². The van der Waals surface area contributed by atoms with E-state index in [1.54, 1.807) is 20.0 Å². The quantitative estimate of drug-likeness (QED) is 0.231. The summed E-state index contributed by atoms with van der Waals surface area (Å²) in [6.07, 6.45) is -0.639. The summed E-state index contributed by atoms with van der Waals surface area (Å²) in [5.41, 5.74) is -0.590. The van der Waals surface area contributed by atoms with E-state index in [9.17, 15) is 26.4 Å². The van der Waals surface area contributed by atoms with E-state index in [1.165, 1.54) is 22.2 Å². The molecule has 0 radical (unpaired) electrons. The van der Waals surface area contributed by atoms with Crippen molar-refractivity contribution in [3.05, 3.63) is 30.2 Å². The molecule has 0 aliphatic carbocycles. The predicted molar refractivity (Wildman–Crippen MR) is 132 cm³/mol. The molecule has 204 valence electrons. The number of halogens is 3. The van der Waals surface area contributed by atoms with Gasteiger partial charge in [0, 0.05) is 26.2 Å². The largest absolute Gasteiger partial charge is 0.466 e. The van der Waals surface area contributed by atoms with Crippen LogP contribution in [-0.4, -0.2) is 62.4 Å². The third-order valence-corrected chi connectivity index (χ3v) is 7.50. The van der Waals surface area contributed by atoms with Gasteiger partial charge in [-0.3, -0.25) is 4.79 Å². The topological polar surface area (TPSA) is 133 Å². The number of sulfone groups is 1. The molecule has 1 N–H and O–H groups in total. The summed E-state index contributed by atoms with van der Waals surface area (Å²) in [6, 6.07) is 2.43. The van der Waals surface area contributed by atoms with E-state index in [2.05, 4.69) is 25.4 Å². The first-order valence-electron chi connectivity index (χ1n) is 11.9. The van der Waals surface area contributed by atoms with Gasteiger partial charge >= 0.3 is 12.1 Å². The molecule has 38 heavy (non-hydrogen) atoms. The Labute approximate surface area is 216 Å². The molecule has 0 spiro atoms. The summed E-state index contributed by atoms with van der Waals surface area (Å²) in [5, 5.41) is 7.22. The van der Waals surface area contributed by atoms with Crippen molar-refractivity contribution in [2.24, 2.45) is 7.05 Å². The number of ether oxygens (including phenoxy) is 1. The normalized spacial score (nSPS) is 12.4. The molecule has 4 aromatic rings. The van der Waals surface area contributed by atoms with Crippen molar-refractivity contribution in [2.45, 2.75) is 44.3 Å². The number of hydrogen-bond donors (Lipinski definition) is 1. The highest BCUT2D eigenvalue weighted by Gasteiger charge is 2.34. The van der Waals surface area contributed by atoms with Crippen molar-refractivity contribution in [3.8, 4) is 11.4 Å². The van der Waals surface area contributed by atoms with Crippen LogP contribution in [0.1, 0.15) is 38.8 Å². The Morgan fingerprint density at radius 3 is 2.63 bits per heavy atom. The van der Waals surface area contributed by atoms with Crippen LogP contribution >= 0.6 is 0 Å². The average Bonchev–Trinajstić information content (AvgIpc) is 3.42. The van der Waals surface area contributed by atoms with Gasteiger partial charge < -0.3 is 14.6 Å². The van der Waals surface area contributed by atoms with Crippen LogP contribution in [0, 0.1) is 0 Å². The minimum Gasteiger partial charge on any atom is -0.466 e. The van der Waals surface area contributed by atoms with Crippen LogP contribution in [0.15, 0.2) is 29.6 Å². The fourth-order valence-electron chi connectivity index (χ4n) is 3.92. The molecule has 0 atom stereocenters. The lowest BCUT2D eigenvalue weighted by atomic mass is 10.2. The van der Waals surface area contributed by atoms with Gasteiger partial charge in [-0.1, -0.05) is 6.92 Å². The van der Waals surface area contributed by atoms with Crippen molar-refractivity contribution < 1.29 is 31.1 Å². The zero-order valence-electron chi connectivity index (χ0n) is 20.9. The fraction of sp³-hybridized carbons (Fsp3) is 0.435. The van der Waals surface area contributed by atoms with Crippen molar-refractivity contribution in [2.75, 3.05) is 24.2 Å². The lowest BCUT2D eigenvalue weighted by Crippen LogP contribution is -2.09. The van der Waals surface area contributed by atoms with Crippen molar-refractivity contribution in [1.82, 2.24) is 29.1 Å². The maximum atomic E-state index is 13.2. The number of nitrogens with zero attached hydrogens (tertiary/aromatic N) is 6. The van der Waals surface area contributed by atoms with Gasteiger partial charge in [0.1, 0.15) is 22.9 Å². The first kappa shape index (κ1) is 27.3. The summed E-state index contributed by atoms with van der Waals surface area (Å²) in [4.78, 5) is 23.7. The molecule has 0 saturated heterocycles. The lowest BCUT2D eigenvalue weighted by Gasteiger charge is -2.08. The first-order chi connectivity index (χ1) is 18.0. The van der Waals surface area contributed by atoms with Crippen molar-refractivity contribution >= 4 is 38.3 Å². The maximum absolute atomic E-state index is 13.2. The van der Waals surface area contributed by atoms with Gasteiger partial charge in [0.05, 0.1) is 29.6 Å². The number of unbranched alkanes of at least 4 members (excludes halogenated alkanes) is 1. The van der Waals surface area contributed by atoms with Crippen LogP contribution in [0.4, 0.5) is 19.0 Å². The Balaban J connectivity index is 1.76. The zero-order valence-corrected chi connectivity index (χ0v) is 21.7. The Bertz CT molecular complexity index is 1600. The van der Waals surface area contributed by atoms with Gasteiger partial charge in [-0.05, 0) is 31.9 Å². The smallest absolute Gasteiger partial charge is 0.433 e. The third-order valence-electron chi connectivity index (χ3n) is 5.86. The van der Waals surface area contributed by atoms with Crippen LogP contribution in [0.25, 0.3) is 28.1 Å². The predicted octanol–water partition coefficient (Wildman–Crippen LogP) is 3.64. The molecule has 11 nitrogen and oxygen atoms in total. The molecule has 0 saturated carbocycles. The van der Waals surface area contributed by atoms with E-state index in [0.29, 0.717) is 31.8 Å². The Morgan fingerprint density at radius 1 is 1.18 bits per heavy atom. The lowest BCUT2D eigenvalue weighted by molar-refractivity contribution is -0.143. The molecule has 4 heterocycles. The SMILES string of the molecule is CCOC(=O)CCCCNc1ccnc2c(-c3nc4cc(C(F)(F)F)ncc4n3C)c(S(=O)(=O)CC)nn12. The highest BCUT2D eigenvalue weighted by atomic mass is 32.2. The van der Waals surface area contributed by atoms with Crippen molar-refractivity contribution in [3.63, 3.8) is 0 Å². The summed E-state index contributed by atoms with van der Waals surface area (Å²) in [7, 11) is -2.33. The summed E-state index contributed by atoms with van der Waals surface area (Å²) in [5.74, 6) is 0.00132. The standard InChI is InChI=1S/C23H26F3N7O4S/c1-4-37-18(34)8-6-7-10-27-17-9-11-28-20-19(22(31-33(17)20)38(35,36)5-2)21-30-14-12-16(23(24,25)26)29-13-15(14)32(21)3/h9,11-13,27H,4-8,10H2,1-3H3. The van der Waals surface area contributed by atoms with E-state index in [4.69, 9.17) is 4.74 Å². The molecule has 4 aromatic heterocycles. The van der Waals surface area contributed by atoms with E-state index < -0.39 is 21.7 Å². The second-order valence-electron chi connectivity index (χ2n) is 8.39.